The zero-order valence-corrected chi connectivity index (χ0v) is 11.0. The van der Waals surface area contributed by atoms with Crippen LogP contribution in [0.25, 0.3) is 0 Å². The van der Waals surface area contributed by atoms with Crippen molar-refractivity contribution >= 4 is 0 Å². The zero-order valence-electron chi connectivity index (χ0n) is 11.0. The Hall–Kier alpha value is -0.160. The van der Waals surface area contributed by atoms with E-state index in [0.29, 0.717) is 12.8 Å². The lowest BCUT2D eigenvalue weighted by atomic mass is 10.1. The van der Waals surface area contributed by atoms with Gasteiger partial charge in [0.05, 0.1) is 0 Å². The van der Waals surface area contributed by atoms with Crippen LogP contribution in [0.1, 0.15) is 66.2 Å². The van der Waals surface area contributed by atoms with Crippen LogP contribution < -0.4 is 0 Å². The first-order valence-corrected chi connectivity index (χ1v) is 6.02. The first-order valence-electron chi connectivity index (χ1n) is 6.02. The highest BCUT2D eigenvalue weighted by Crippen LogP contribution is 2.08. The predicted molar refractivity (Wildman–Crippen MR) is 64.7 cm³/mol. The van der Waals surface area contributed by atoms with Crippen LogP contribution >= 0.6 is 0 Å². The van der Waals surface area contributed by atoms with E-state index in [1.165, 1.54) is 13.8 Å². The molecule has 0 heterocycles. The lowest BCUT2D eigenvalue weighted by Crippen LogP contribution is -2.22. The van der Waals surface area contributed by atoms with Gasteiger partial charge in [-0.2, -0.15) is 0 Å². The lowest BCUT2D eigenvalue weighted by molar-refractivity contribution is -0.150. The van der Waals surface area contributed by atoms with E-state index in [1.54, 1.807) is 0 Å². The second-order valence-electron chi connectivity index (χ2n) is 4.64. The van der Waals surface area contributed by atoms with E-state index in [2.05, 4.69) is 0 Å². The fourth-order valence-corrected chi connectivity index (χ4v) is 1.02. The summed E-state index contributed by atoms with van der Waals surface area (Å²) in [6.45, 7) is 6.85. The van der Waals surface area contributed by atoms with Crippen molar-refractivity contribution < 1.29 is 20.4 Å². The molecule has 0 rings (SSSR count). The minimum atomic E-state index is -1.45. The van der Waals surface area contributed by atoms with Crippen molar-refractivity contribution in [2.24, 2.45) is 0 Å². The molecule has 0 aliphatic heterocycles. The molecule has 4 nitrogen and oxygen atoms in total. The number of hydrogen-bond donors (Lipinski definition) is 4. The molecule has 0 radical (unpaired) electrons. The summed E-state index contributed by atoms with van der Waals surface area (Å²) in [7, 11) is 0. The number of rotatable bonds is 6. The van der Waals surface area contributed by atoms with Gasteiger partial charge >= 0.3 is 0 Å². The van der Waals surface area contributed by atoms with E-state index in [-0.39, 0.29) is 0 Å². The molecule has 0 bridgehead atoms. The third-order valence-corrected chi connectivity index (χ3v) is 2.01. The van der Waals surface area contributed by atoms with Gasteiger partial charge < -0.3 is 20.4 Å². The monoisotopic (exact) mass is 236 g/mol. The SMILES string of the molecule is CCCCC(C)(O)O.CCCCC(C)(O)O. The molecule has 0 atom stereocenters. The van der Waals surface area contributed by atoms with Crippen LogP contribution in [0.15, 0.2) is 0 Å². The van der Waals surface area contributed by atoms with Crippen LogP contribution in [0.5, 0.6) is 0 Å². The van der Waals surface area contributed by atoms with Gasteiger partial charge in [-0.15, -0.1) is 0 Å². The molecule has 0 fully saturated rings. The molecule has 0 spiro atoms. The first kappa shape index (κ1) is 18.2. The van der Waals surface area contributed by atoms with Gasteiger partial charge in [0.1, 0.15) is 0 Å². The molecule has 0 saturated carbocycles. The number of unbranched alkanes of at least 4 members (excludes halogenated alkanes) is 2. The van der Waals surface area contributed by atoms with E-state index < -0.39 is 11.6 Å². The van der Waals surface area contributed by atoms with Gasteiger partial charge in [-0.3, -0.25) is 0 Å². The van der Waals surface area contributed by atoms with Crippen molar-refractivity contribution in [1.82, 2.24) is 0 Å². The quantitative estimate of drug-likeness (QED) is 0.530. The molecule has 0 aromatic heterocycles. The van der Waals surface area contributed by atoms with E-state index >= 15 is 0 Å². The van der Waals surface area contributed by atoms with E-state index in [1.807, 2.05) is 13.8 Å². The van der Waals surface area contributed by atoms with Crippen molar-refractivity contribution in [2.45, 2.75) is 77.8 Å². The Balaban J connectivity index is 0. The van der Waals surface area contributed by atoms with Crippen molar-refractivity contribution in [2.75, 3.05) is 0 Å². The fraction of sp³-hybridized carbons (Fsp3) is 1.00. The maximum Gasteiger partial charge on any atom is 0.159 e. The molecule has 0 aromatic rings. The van der Waals surface area contributed by atoms with Crippen molar-refractivity contribution in [1.29, 1.82) is 0 Å². The molecule has 100 valence electrons. The highest BCUT2D eigenvalue weighted by atomic mass is 16.5. The summed E-state index contributed by atoms with van der Waals surface area (Å²) in [6, 6.07) is 0. The van der Waals surface area contributed by atoms with Crippen LogP contribution in [0.2, 0.25) is 0 Å². The van der Waals surface area contributed by atoms with Gasteiger partial charge in [0.15, 0.2) is 11.6 Å². The predicted octanol–water partition coefficient (Wildman–Crippen LogP) is 1.75. The minimum absolute atomic E-state index is 0.476. The number of hydrogen-bond acceptors (Lipinski definition) is 4. The summed E-state index contributed by atoms with van der Waals surface area (Å²) in [4.78, 5) is 0. The van der Waals surface area contributed by atoms with Gasteiger partial charge in [-0.1, -0.05) is 26.7 Å². The third-order valence-electron chi connectivity index (χ3n) is 2.01. The Kier molecular flexibility index (Phi) is 10.2. The summed E-state index contributed by atoms with van der Waals surface area (Å²) in [5.74, 6) is -2.90. The fourth-order valence-electron chi connectivity index (χ4n) is 1.02. The van der Waals surface area contributed by atoms with Crippen LogP contribution in [0.3, 0.4) is 0 Å². The van der Waals surface area contributed by atoms with Crippen molar-refractivity contribution in [3.63, 3.8) is 0 Å². The third kappa shape index (κ3) is 23.6. The largest absolute Gasteiger partial charge is 0.366 e. The Morgan fingerprint density at radius 3 is 1.00 bits per heavy atom. The van der Waals surface area contributed by atoms with Gasteiger partial charge in [-0.05, 0) is 26.7 Å². The van der Waals surface area contributed by atoms with Crippen molar-refractivity contribution in [3.05, 3.63) is 0 Å². The van der Waals surface area contributed by atoms with Gasteiger partial charge in [0.25, 0.3) is 0 Å². The molecule has 0 aromatic carbocycles. The first-order chi connectivity index (χ1) is 7.12. The molecule has 4 N–H and O–H groups in total. The van der Waals surface area contributed by atoms with E-state index in [9.17, 15) is 0 Å². The Bertz CT molecular complexity index is 126. The maximum absolute atomic E-state index is 8.70. The summed E-state index contributed by atoms with van der Waals surface area (Å²) in [5, 5.41) is 34.8. The zero-order chi connectivity index (χ0) is 13.2. The van der Waals surface area contributed by atoms with Gasteiger partial charge in [0.2, 0.25) is 0 Å². The average molecular weight is 236 g/mol. The molecule has 4 heteroatoms. The van der Waals surface area contributed by atoms with Crippen molar-refractivity contribution in [3.8, 4) is 0 Å². The standard InChI is InChI=1S/2C6H14O2/c2*1-3-4-5-6(2,7)8/h2*7-8H,3-5H2,1-2H3. The smallest absolute Gasteiger partial charge is 0.159 e. The lowest BCUT2D eigenvalue weighted by Gasteiger charge is -2.13. The molecular weight excluding hydrogens is 208 g/mol. The highest BCUT2D eigenvalue weighted by molar-refractivity contribution is 4.54. The summed E-state index contributed by atoms with van der Waals surface area (Å²) in [5.41, 5.74) is 0. The molecule has 0 aliphatic rings. The van der Waals surface area contributed by atoms with Gasteiger partial charge in [-0.25, -0.2) is 0 Å². The van der Waals surface area contributed by atoms with Gasteiger partial charge in [0, 0.05) is 12.8 Å². The molecule has 0 unspecified atom stereocenters. The topological polar surface area (TPSA) is 80.9 Å². The second-order valence-corrected chi connectivity index (χ2v) is 4.64. The van der Waals surface area contributed by atoms with E-state index in [4.69, 9.17) is 20.4 Å². The Labute approximate surface area is 98.9 Å². The summed E-state index contributed by atoms with van der Waals surface area (Å²) in [6.07, 6.45) is 4.73. The van der Waals surface area contributed by atoms with Crippen LogP contribution in [0.4, 0.5) is 0 Å². The average Bonchev–Trinajstić information content (AvgIpc) is 2.10. The second kappa shape index (κ2) is 8.93. The Morgan fingerprint density at radius 2 is 0.938 bits per heavy atom. The van der Waals surface area contributed by atoms with E-state index in [0.717, 1.165) is 25.7 Å². The summed E-state index contributed by atoms with van der Waals surface area (Å²) < 4.78 is 0. The minimum Gasteiger partial charge on any atom is -0.366 e. The normalized spacial score (nSPS) is 12.0. The van der Waals surface area contributed by atoms with Crippen LogP contribution in [-0.4, -0.2) is 32.0 Å². The Morgan fingerprint density at radius 1 is 0.688 bits per heavy atom. The molecular formula is C12H28O4. The molecule has 0 aliphatic carbocycles. The van der Waals surface area contributed by atoms with Crippen LogP contribution in [0, 0.1) is 0 Å². The maximum atomic E-state index is 8.70. The molecule has 0 saturated heterocycles. The number of aliphatic hydroxyl groups is 4. The molecule has 16 heavy (non-hydrogen) atoms. The molecule has 0 amide bonds. The van der Waals surface area contributed by atoms with Crippen LogP contribution in [-0.2, 0) is 0 Å². The summed E-state index contributed by atoms with van der Waals surface area (Å²) >= 11 is 0. The highest BCUT2D eigenvalue weighted by Gasteiger charge is 2.12.